The predicted molar refractivity (Wildman–Crippen MR) is 102 cm³/mol. The zero-order chi connectivity index (χ0) is 32.1. The second kappa shape index (κ2) is 10.2. The summed E-state index contributed by atoms with van der Waals surface area (Å²) in [6, 6.07) is 7.98. The van der Waals surface area contributed by atoms with Gasteiger partial charge in [-0.15, -0.1) is 0 Å². The maximum absolute atomic E-state index is 15.0. The van der Waals surface area contributed by atoms with Gasteiger partial charge in [-0.2, -0.15) is 74.6 Å². The third kappa shape index (κ3) is 5.04. The van der Waals surface area contributed by atoms with Crippen molar-refractivity contribution in [1.29, 1.82) is 0 Å². The summed E-state index contributed by atoms with van der Waals surface area (Å²) in [5, 5.41) is 0. The molecule has 0 radical (unpaired) electrons. The third-order valence-corrected chi connectivity index (χ3v) is 5.41. The van der Waals surface area contributed by atoms with Crippen molar-refractivity contribution in [3.8, 4) is 0 Å². The summed E-state index contributed by atoms with van der Waals surface area (Å²) in [6.07, 6.45) is -11.9. The summed E-state index contributed by atoms with van der Waals surface area (Å²) in [5.74, 6) is -59.9. The van der Waals surface area contributed by atoms with E-state index in [2.05, 4.69) is 4.74 Å². The van der Waals surface area contributed by atoms with E-state index in [9.17, 15) is 79.4 Å². The minimum absolute atomic E-state index is 0.357. The quantitative estimate of drug-likeness (QED) is 0.194. The molecule has 2 aromatic carbocycles. The number of hydrogen-bond acceptors (Lipinski definition) is 2. The lowest BCUT2D eigenvalue weighted by atomic mass is 9.86. The number of carbonyl (C=O) groups excluding carboxylic acids is 1. The van der Waals surface area contributed by atoms with Crippen LogP contribution in [0, 0.1) is 0 Å². The van der Waals surface area contributed by atoms with Gasteiger partial charge in [0.05, 0.1) is 5.56 Å². The van der Waals surface area contributed by atoms with Crippen LogP contribution in [0.4, 0.5) is 74.6 Å². The number of ether oxygens (including phenoxy) is 1. The smallest absolute Gasteiger partial charge is 0.447 e. The van der Waals surface area contributed by atoms with E-state index in [0.717, 1.165) is 30.3 Å². The van der Waals surface area contributed by atoms with E-state index in [-0.39, 0.29) is 0 Å². The van der Waals surface area contributed by atoms with Gasteiger partial charge in [-0.1, -0.05) is 48.5 Å². The van der Waals surface area contributed by atoms with Crippen LogP contribution in [-0.4, -0.2) is 53.6 Å². The molecule has 2 rings (SSSR count). The number of halogens is 17. The molecule has 0 fully saturated rings. The summed E-state index contributed by atoms with van der Waals surface area (Å²) < 4.78 is 237. The van der Waals surface area contributed by atoms with Crippen molar-refractivity contribution in [2.45, 2.75) is 53.7 Å². The molecule has 0 saturated heterocycles. The van der Waals surface area contributed by atoms with Gasteiger partial charge in [0.1, 0.15) is 0 Å². The van der Waals surface area contributed by atoms with Crippen LogP contribution in [0.15, 0.2) is 60.7 Å². The fourth-order valence-electron chi connectivity index (χ4n) is 3.07. The summed E-state index contributed by atoms with van der Waals surface area (Å²) in [6.45, 7) is 0. The van der Waals surface area contributed by atoms with Crippen LogP contribution in [-0.2, 0) is 4.74 Å². The van der Waals surface area contributed by atoms with Gasteiger partial charge in [-0.05, 0) is 17.7 Å². The third-order valence-electron chi connectivity index (χ3n) is 5.41. The molecule has 0 N–H and O–H groups in total. The first kappa shape index (κ1) is 33.9. The molecule has 19 heteroatoms. The van der Waals surface area contributed by atoms with Gasteiger partial charge in [-0.25, -0.2) is 4.79 Å². The van der Waals surface area contributed by atoms with Crippen LogP contribution in [0.2, 0.25) is 0 Å². The van der Waals surface area contributed by atoms with Crippen molar-refractivity contribution >= 4 is 5.97 Å². The van der Waals surface area contributed by atoms with E-state index in [0.29, 0.717) is 24.3 Å². The standard InChI is InChI=1S/C22H11F17O2/c23-15(24,13(11-7-3-1-4-8-11)41-14(40)12-9-5-2-6-10-12)16(25,26)17(27,28)18(29,30)19(31,32)20(33,34)21(35,36)22(37,38)39/h1-10,13H. The normalized spacial score (nSPS) is 15.4. The molecule has 230 valence electrons. The Labute approximate surface area is 216 Å². The van der Waals surface area contributed by atoms with Gasteiger partial charge in [0.15, 0.2) is 6.10 Å². The molecular weight excluding hydrogens is 619 g/mol. The fraction of sp³-hybridized carbons (Fsp3) is 0.409. The Kier molecular flexibility index (Phi) is 8.45. The summed E-state index contributed by atoms with van der Waals surface area (Å²) >= 11 is 0. The van der Waals surface area contributed by atoms with E-state index in [1.54, 1.807) is 0 Å². The van der Waals surface area contributed by atoms with E-state index < -0.39 is 70.8 Å². The van der Waals surface area contributed by atoms with Gasteiger partial charge in [-0.3, -0.25) is 0 Å². The number of carbonyl (C=O) groups is 1. The van der Waals surface area contributed by atoms with Crippen LogP contribution in [0.3, 0.4) is 0 Å². The molecule has 1 unspecified atom stereocenters. The van der Waals surface area contributed by atoms with E-state index in [4.69, 9.17) is 0 Å². The minimum Gasteiger partial charge on any atom is -0.447 e. The van der Waals surface area contributed by atoms with Gasteiger partial charge < -0.3 is 4.74 Å². The first-order valence-corrected chi connectivity index (χ1v) is 10.3. The highest BCUT2D eigenvalue weighted by atomic mass is 19.4. The van der Waals surface area contributed by atoms with Crippen molar-refractivity contribution in [3.05, 3.63) is 71.8 Å². The van der Waals surface area contributed by atoms with Gasteiger partial charge in [0.25, 0.3) is 0 Å². The molecule has 41 heavy (non-hydrogen) atoms. The number of esters is 1. The zero-order valence-electron chi connectivity index (χ0n) is 19.1. The highest BCUT2D eigenvalue weighted by Crippen LogP contribution is 2.65. The molecule has 0 heterocycles. The van der Waals surface area contributed by atoms with Crippen molar-refractivity contribution < 1.29 is 84.2 Å². The Morgan fingerprint density at radius 1 is 0.488 bits per heavy atom. The number of alkyl halides is 17. The number of hydrogen-bond donors (Lipinski definition) is 0. The minimum atomic E-state index is -8.76. The molecule has 0 amide bonds. The van der Waals surface area contributed by atoms with Crippen LogP contribution >= 0.6 is 0 Å². The Balaban J connectivity index is 2.70. The molecule has 0 aliphatic rings. The molecule has 0 aromatic heterocycles. The molecule has 0 spiro atoms. The van der Waals surface area contributed by atoms with Crippen molar-refractivity contribution in [2.24, 2.45) is 0 Å². The SMILES string of the molecule is O=C(OC(c1ccccc1)C(F)(F)C(F)(F)C(F)(F)C(F)(F)C(F)(F)C(F)(F)C(F)(F)C(F)(F)F)c1ccccc1. The van der Waals surface area contributed by atoms with E-state index in [1.807, 2.05) is 0 Å². The topological polar surface area (TPSA) is 26.3 Å². The zero-order valence-corrected chi connectivity index (χ0v) is 19.1. The molecule has 2 nitrogen and oxygen atoms in total. The Bertz CT molecular complexity index is 1210. The lowest BCUT2D eigenvalue weighted by Crippen LogP contribution is -2.74. The number of rotatable bonds is 10. The first-order chi connectivity index (χ1) is 18.2. The van der Waals surface area contributed by atoms with Gasteiger partial charge in [0, 0.05) is 0 Å². The lowest BCUT2D eigenvalue weighted by molar-refractivity contribution is -0.464. The molecule has 0 bridgehead atoms. The fourth-order valence-corrected chi connectivity index (χ4v) is 3.07. The van der Waals surface area contributed by atoms with Crippen LogP contribution in [0.25, 0.3) is 0 Å². The van der Waals surface area contributed by atoms with Crippen LogP contribution in [0.5, 0.6) is 0 Å². The van der Waals surface area contributed by atoms with Crippen molar-refractivity contribution in [1.82, 2.24) is 0 Å². The van der Waals surface area contributed by atoms with Gasteiger partial charge >= 0.3 is 53.6 Å². The molecule has 0 saturated carbocycles. The summed E-state index contributed by atoms with van der Waals surface area (Å²) in [4.78, 5) is 12.2. The van der Waals surface area contributed by atoms with Crippen LogP contribution < -0.4 is 0 Å². The molecule has 1 atom stereocenters. The summed E-state index contributed by atoms with van der Waals surface area (Å²) in [7, 11) is 0. The largest absolute Gasteiger partial charge is 0.460 e. The highest BCUT2D eigenvalue weighted by molar-refractivity contribution is 5.89. The second-order valence-electron chi connectivity index (χ2n) is 8.13. The Morgan fingerprint density at radius 3 is 1.22 bits per heavy atom. The Morgan fingerprint density at radius 2 is 0.829 bits per heavy atom. The predicted octanol–water partition coefficient (Wildman–Crippen LogP) is 8.59. The number of benzene rings is 2. The second-order valence-corrected chi connectivity index (χ2v) is 8.13. The average molecular weight is 630 g/mol. The molecule has 2 aromatic rings. The molecule has 0 aliphatic carbocycles. The van der Waals surface area contributed by atoms with Crippen molar-refractivity contribution in [2.75, 3.05) is 0 Å². The molecular formula is C22H11F17O2. The maximum atomic E-state index is 15.0. The van der Waals surface area contributed by atoms with Crippen molar-refractivity contribution in [3.63, 3.8) is 0 Å². The summed E-state index contributed by atoms with van der Waals surface area (Å²) in [5.41, 5.74) is -2.13. The highest BCUT2D eigenvalue weighted by Gasteiger charge is 2.95. The van der Waals surface area contributed by atoms with E-state index in [1.165, 1.54) is 6.07 Å². The van der Waals surface area contributed by atoms with E-state index >= 15 is 0 Å². The average Bonchev–Trinajstić information content (AvgIpc) is 2.86. The lowest BCUT2D eigenvalue weighted by Gasteiger charge is -2.43. The maximum Gasteiger partial charge on any atom is 0.460 e. The Hall–Kier alpha value is -3.28. The van der Waals surface area contributed by atoms with Crippen LogP contribution in [0.1, 0.15) is 22.0 Å². The monoisotopic (exact) mass is 630 g/mol. The first-order valence-electron chi connectivity index (χ1n) is 10.3. The van der Waals surface area contributed by atoms with Gasteiger partial charge in [0.2, 0.25) is 0 Å². The molecule has 0 aliphatic heterocycles.